The Morgan fingerprint density at radius 3 is 2.52 bits per heavy atom. The quantitative estimate of drug-likeness (QED) is 0.775. The van der Waals surface area contributed by atoms with Crippen molar-refractivity contribution >= 4 is 33.3 Å². The smallest absolute Gasteiger partial charge is 0.252 e. The molecule has 2 aromatic heterocycles. The number of amides is 1. The average molecular weight is 355 g/mol. The Bertz CT molecular complexity index is 1030. The lowest BCUT2D eigenvalue weighted by atomic mass is 10.0. The third-order valence-corrected chi connectivity index (χ3v) is 5.18. The molecule has 0 aliphatic carbocycles. The fraction of sp³-hybridized carbons (Fsp3) is 0.316. The van der Waals surface area contributed by atoms with Gasteiger partial charge in [0.05, 0.1) is 11.2 Å². The Morgan fingerprint density at radius 2 is 1.88 bits per heavy atom. The summed E-state index contributed by atoms with van der Waals surface area (Å²) in [7, 11) is 0. The maximum Gasteiger partial charge on any atom is 0.252 e. The molecule has 1 aromatic carbocycles. The maximum atomic E-state index is 12.7. The number of benzene rings is 1. The van der Waals surface area contributed by atoms with Crippen LogP contribution >= 0.6 is 11.3 Å². The van der Waals surface area contributed by atoms with Crippen molar-refractivity contribution < 1.29 is 4.79 Å². The molecule has 3 aromatic rings. The van der Waals surface area contributed by atoms with Crippen molar-refractivity contribution in [3.8, 4) is 0 Å². The highest BCUT2D eigenvalue weighted by Crippen LogP contribution is 2.25. The molecule has 0 saturated carbocycles. The molecule has 6 heteroatoms. The summed E-state index contributed by atoms with van der Waals surface area (Å²) >= 11 is 1.38. The van der Waals surface area contributed by atoms with Crippen molar-refractivity contribution in [2.24, 2.45) is 0 Å². The van der Waals surface area contributed by atoms with Gasteiger partial charge in [-0.25, -0.2) is 4.98 Å². The van der Waals surface area contributed by atoms with Gasteiger partial charge in [-0.05, 0) is 51.8 Å². The van der Waals surface area contributed by atoms with Crippen LogP contribution in [0.3, 0.4) is 0 Å². The van der Waals surface area contributed by atoms with Crippen molar-refractivity contribution in [3.05, 3.63) is 56.3 Å². The van der Waals surface area contributed by atoms with E-state index in [-0.39, 0.29) is 11.5 Å². The Hall–Kier alpha value is -2.47. The zero-order chi connectivity index (χ0) is 18.3. The van der Waals surface area contributed by atoms with Crippen LogP contribution < -0.4 is 10.9 Å². The van der Waals surface area contributed by atoms with E-state index >= 15 is 0 Å². The van der Waals surface area contributed by atoms with Gasteiger partial charge in [0.25, 0.3) is 5.56 Å². The Balaban J connectivity index is 2.11. The lowest BCUT2D eigenvalue weighted by Gasteiger charge is -2.20. The Kier molecular flexibility index (Phi) is 4.47. The zero-order valence-corrected chi connectivity index (χ0v) is 15.8. The van der Waals surface area contributed by atoms with Crippen LogP contribution in [0.15, 0.2) is 28.4 Å². The molecule has 2 heterocycles. The predicted octanol–water partition coefficient (Wildman–Crippen LogP) is 3.89. The van der Waals surface area contributed by atoms with Crippen molar-refractivity contribution in [1.82, 2.24) is 9.55 Å². The second-order valence-corrected chi connectivity index (χ2v) is 7.33. The van der Waals surface area contributed by atoms with Gasteiger partial charge >= 0.3 is 0 Å². The van der Waals surface area contributed by atoms with Gasteiger partial charge in [0.2, 0.25) is 5.91 Å². The van der Waals surface area contributed by atoms with Crippen LogP contribution in [0.25, 0.3) is 10.9 Å². The predicted molar refractivity (Wildman–Crippen MR) is 103 cm³/mol. The summed E-state index contributed by atoms with van der Waals surface area (Å²) in [6.45, 7) is 9.54. The van der Waals surface area contributed by atoms with E-state index in [2.05, 4.69) is 16.4 Å². The van der Waals surface area contributed by atoms with Gasteiger partial charge in [0.15, 0.2) is 5.13 Å². The number of fused-ring (bicyclic) bond motifs is 1. The molecule has 1 N–H and O–H groups in total. The zero-order valence-electron chi connectivity index (χ0n) is 15.0. The van der Waals surface area contributed by atoms with E-state index in [9.17, 15) is 9.59 Å². The second-order valence-electron chi connectivity index (χ2n) is 6.47. The van der Waals surface area contributed by atoms with Crippen molar-refractivity contribution in [2.45, 2.75) is 40.7 Å². The van der Waals surface area contributed by atoms with E-state index in [4.69, 9.17) is 0 Å². The van der Waals surface area contributed by atoms with Crippen LogP contribution in [0.2, 0.25) is 0 Å². The number of nitrogens with one attached hydrogen (secondary N) is 1. The standard InChI is InChI=1S/C19H21N3O2S/c1-10-6-12(3)17-15(7-10)11(2)8-16(23)22(17)14(5)18(24)21-19-20-13(4)9-25-19/h6-9,14H,1-5H3,(H,20,21,24). The molecule has 1 amide bonds. The molecular weight excluding hydrogens is 334 g/mol. The molecule has 0 bridgehead atoms. The monoisotopic (exact) mass is 355 g/mol. The van der Waals surface area contributed by atoms with Crippen LogP contribution in [0.4, 0.5) is 5.13 Å². The lowest BCUT2D eigenvalue weighted by molar-refractivity contribution is -0.118. The number of aryl methyl sites for hydroxylation is 4. The lowest BCUT2D eigenvalue weighted by Crippen LogP contribution is -2.32. The molecule has 3 rings (SSSR count). The first-order chi connectivity index (χ1) is 11.8. The minimum Gasteiger partial charge on any atom is -0.300 e. The molecule has 130 valence electrons. The normalized spacial score (nSPS) is 12.4. The first-order valence-electron chi connectivity index (χ1n) is 8.14. The molecule has 0 fully saturated rings. The van der Waals surface area contributed by atoms with E-state index in [0.717, 1.165) is 33.3 Å². The van der Waals surface area contributed by atoms with E-state index in [1.807, 2.05) is 39.1 Å². The summed E-state index contributed by atoms with van der Waals surface area (Å²) in [5, 5.41) is 6.23. The van der Waals surface area contributed by atoms with Gasteiger partial charge < -0.3 is 5.32 Å². The number of anilines is 1. The van der Waals surface area contributed by atoms with Crippen LogP contribution in [-0.2, 0) is 4.79 Å². The van der Waals surface area contributed by atoms with Gasteiger partial charge in [-0.1, -0.05) is 11.6 Å². The fourth-order valence-electron chi connectivity index (χ4n) is 3.15. The van der Waals surface area contributed by atoms with Crippen molar-refractivity contribution in [2.75, 3.05) is 5.32 Å². The highest BCUT2D eigenvalue weighted by atomic mass is 32.1. The second kappa shape index (κ2) is 6.44. The summed E-state index contributed by atoms with van der Waals surface area (Å²) in [5.74, 6) is -0.249. The molecule has 0 aliphatic heterocycles. The molecule has 0 spiro atoms. The molecular formula is C19H21N3O2S. The molecule has 0 saturated heterocycles. The summed E-state index contributed by atoms with van der Waals surface area (Å²) in [4.78, 5) is 29.6. The number of hydrogen-bond donors (Lipinski definition) is 1. The van der Waals surface area contributed by atoms with E-state index in [0.29, 0.717) is 5.13 Å². The summed E-state index contributed by atoms with van der Waals surface area (Å²) in [5.41, 5.74) is 4.54. The van der Waals surface area contributed by atoms with E-state index in [1.165, 1.54) is 11.3 Å². The highest BCUT2D eigenvalue weighted by molar-refractivity contribution is 7.13. The van der Waals surface area contributed by atoms with Crippen LogP contribution in [0.5, 0.6) is 0 Å². The fourth-order valence-corrected chi connectivity index (χ4v) is 3.84. The number of thiazole rings is 1. The van der Waals surface area contributed by atoms with Crippen LogP contribution in [0, 0.1) is 27.7 Å². The van der Waals surface area contributed by atoms with E-state index < -0.39 is 6.04 Å². The molecule has 0 aliphatic rings. The number of hydrogen-bond acceptors (Lipinski definition) is 4. The highest BCUT2D eigenvalue weighted by Gasteiger charge is 2.21. The third kappa shape index (κ3) is 3.22. The van der Waals surface area contributed by atoms with Crippen molar-refractivity contribution in [1.29, 1.82) is 0 Å². The van der Waals surface area contributed by atoms with Gasteiger partial charge in [-0.2, -0.15) is 0 Å². The average Bonchev–Trinajstić information content (AvgIpc) is 2.93. The number of carbonyl (C=O) groups excluding carboxylic acids is 1. The molecule has 1 unspecified atom stereocenters. The number of rotatable bonds is 3. The SMILES string of the molecule is Cc1cc(C)c2c(c1)c(C)cc(=O)n2C(C)C(=O)Nc1nc(C)cs1. The number of pyridine rings is 1. The topological polar surface area (TPSA) is 64.0 Å². The van der Waals surface area contributed by atoms with Gasteiger partial charge in [0.1, 0.15) is 6.04 Å². The minimum atomic E-state index is -0.638. The Morgan fingerprint density at radius 1 is 1.16 bits per heavy atom. The first-order valence-corrected chi connectivity index (χ1v) is 9.02. The first kappa shape index (κ1) is 17.4. The van der Waals surface area contributed by atoms with E-state index in [1.54, 1.807) is 17.6 Å². The van der Waals surface area contributed by atoms with Crippen molar-refractivity contribution in [3.63, 3.8) is 0 Å². The minimum absolute atomic E-state index is 0.171. The summed E-state index contributed by atoms with van der Waals surface area (Å²) in [6, 6.07) is 5.05. The molecule has 25 heavy (non-hydrogen) atoms. The summed E-state index contributed by atoms with van der Waals surface area (Å²) in [6.07, 6.45) is 0. The van der Waals surface area contributed by atoms with Crippen LogP contribution in [0.1, 0.15) is 35.3 Å². The molecule has 5 nitrogen and oxygen atoms in total. The number of nitrogens with zero attached hydrogens (tertiary/aromatic N) is 2. The largest absolute Gasteiger partial charge is 0.300 e. The number of carbonyl (C=O) groups is 1. The van der Waals surface area contributed by atoms with Crippen LogP contribution in [-0.4, -0.2) is 15.5 Å². The Labute approximate surface area is 150 Å². The number of aromatic nitrogens is 2. The van der Waals surface area contributed by atoms with Gasteiger partial charge in [-0.15, -0.1) is 11.3 Å². The molecule has 1 atom stereocenters. The maximum absolute atomic E-state index is 12.7. The summed E-state index contributed by atoms with van der Waals surface area (Å²) < 4.78 is 1.58. The van der Waals surface area contributed by atoms with Gasteiger partial charge in [0, 0.05) is 16.8 Å². The third-order valence-electron chi connectivity index (χ3n) is 4.30. The van der Waals surface area contributed by atoms with Gasteiger partial charge in [-0.3, -0.25) is 14.2 Å². The molecule has 0 radical (unpaired) electrons.